The van der Waals surface area contributed by atoms with E-state index in [2.05, 4.69) is 5.32 Å². The Hall–Kier alpha value is -2.58. The molecule has 0 radical (unpaired) electrons. The zero-order chi connectivity index (χ0) is 26.3. The zero-order valence-corrected chi connectivity index (χ0v) is 22.8. The smallest absolute Gasteiger partial charge is 0.244 e. The third-order valence-corrected chi connectivity index (χ3v) is 8.09. The number of nitrogens with zero attached hydrogens (tertiary/aromatic N) is 2. The molecule has 0 saturated heterocycles. The maximum atomic E-state index is 13.6. The lowest BCUT2D eigenvalue weighted by Crippen LogP contribution is -2.52. The van der Waals surface area contributed by atoms with Crippen molar-refractivity contribution in [3.8, 4) is 0 Å². The van der Waals surface area contributed by atoms with Crippen LogP contribution in [0.1, 0.15) is 57.1 Å². The molecule has 2 amide bonds. The van der Waals surface area contributed by atoms with E-state index in [-0.39, 0.29) is 18.5 Å². The number of anilines is 1. The van der Waals surface area contributed by atoms with E-state index < -0.39 is 28.5 Å². The summed E-state index contributed by atoms with van der Waals surface area (Å²) in [6.45, 7) is 3.45. The highest BCUT2D eigenvalue weighted by Crippen LogP contribution is 2.21. The summed E-state index contributed by atoms with van der Waals surface area (Å²) >= 11 is 6.02. The summed E-state index contributed by atoms with van der Waals surface area (Å²) in [7, 11) is -3.75. The summed E-state index contributed by atoms with van der Waals surface area (Å²) < 4.78 is 26.4. The molecule has 9 heteroatoms. The van der Waals surface area contributed by atoms with Gasteiger partial charge in [-0.05, 0) is 61.6 Å². The fourth-order valence-electron chi connectivity index (χ4n) is 4.45. The van der Waals surface area contributed by atoms with Crippen LogP contribution in [0.4, 0.5) is 5.69 Å². The maximum absolute atomic E-state index is 13.6. The van der Waals surface area contributed by atoms with Crippen LogP contribution in [0.5, 0.6) is 0 Å². The Morgan fingerprint density at radius 1 is 1.00 bits per heavy atom. The van der Waals surface area contributed by atoms with Crippen LogP contribution in [0.15, 0.2) is 48.5 Å². The molecular weight excluding hydrogens is 498 g/mol. The van der Waals surface area contributed by atoms with Crippen molar-refractivity contribution in [3.05, 3.63) is 64.7 Å². The number of sulfonamides is 1. The van der Waals surface area contributed by atoms with Crippen molar-refractivity contribution in [2.45, 2.75) is 71.0 Å². The van der Waals surface area contributed by atoms with Gasteiger partial charge in [0.15, 0.2) is 0 Å². The zero-order valence-electron chi connectivity index (χ0n) is 21.2. The van der Waals surface area contributed by atoms with Gasteiger partial charge in [-0.25, -0.2) is 8.42 Å². The van der Waals surface area contributed by atoms with Crippen molar-refractivity contribution < 1.29 is 18.0 Å². The van der Waals surface area contributed by atoms with E-state index in [1.165, 1.54) is 11.3 Å². The Morgan fingerprint density at radius 2 is 1.58 bits per heavy atom. The van der Waals surface area contributed by atoms with Gasteiger partial charge in [-0.1, -0.05) is 62.1 Å². The van der Waals surface area contributed by atoms with E-state index in [1.807, 2.05) is 19.1 Å². The molecule has 1 aliphatic rings. The molecule has 0 aromatic heterocycles. The van der Waals surface area contributed by atoms with Crippen molar-refractivity contribution in [2.75, 3.05) is 17.1 Å². The second-order valence-corrected chi connectivity index (χ2v) is 11.8. The van der Waals surface area contributed by atoms with Gasteiger partial charge in [-0.15, -0.1) is 0 Å². The highest BCUT2D eigenvalue weighted by Gasteiger charge is 2.31. The number of hydrogen-bond acceptors (Lipinski definition) is 4. The molecule has 2 aromatic rings. The summed E-state index contributed by atoms with van der Waals surface area (Å²) in [4.78, 5) is 28.2. The number of nitrogens with one attached hydrogen (secondary N) is 1. The monoisotopic (exact) mass is 533 g/mol. The summed E-state index contributed by atoms with van der Waals surface area (Å²) in [6, 6.07) is 13.5. The molecule has 196 valence electrons. The number of hydrogen-bond donors (Lipinski definition) is 1. The van der Waals surface area contributed by atoms with Crippen LogP contribution in [0.25, 0.3) is 0 Å². The van der Waals surface area contributed by atoms with Crippen molar-refractivity contribution in [3.63, 3.8) is 0 Å². The topological polar surface area (TPSA) is 86.8 Å². The number of benzene rings is 2. The third-order valence-electron chi connectivity index (χ3n) is 6.70. The van der Waals surface area contributed by atoms with Gasteiger partial charge in [0, 0.05) is 17.6 Å². The van der Waals surface area contributed by atoms with Gasteiger partial charge >= 0.3 is 0 Å². The molecule has 3 rings (SSSR count). The maximum Gasteiger partial charge on any atom is 0.244 e. The first-order valence-corrected chi connectivity index (χ1v) is 14.7. The van der Waals surface area contributed by atoms with E-state index in [0.29, 0.717) is 10.7 Å². The van der Waals surface area contributed by atoms with E-state index in [0.717, 1.165) is 53.8 Å². The van der Waals surface area contributed by atoms with E-state index in [9.17, 15) is 18.0 Å². The number of aryl methyl sites for hydroxylation is 1. The summed E-state index contributed by atoms with van der Waals surface area (Å²) in [5.74, 6) is -0.691. The van der Waals surface area contributed by atoms with Gasteiger partial charge < -0.3 is 10.2 Å². The predicted molar refractivity (Wildman–Crippen MR) is 144 cm³/mol. The SMILES string of the molecule is CCc1ccc(N(CC(=O)N(Cc2ccc(Cl)cc2)[C@@H](C)C(=O)NC2CCCCC2)S(C)(=O)=O)cc1. The largest absolute Gasteiger partial charge is 0.352 e. The minimum atomic E-state index is -3.75. The minimum Gasteiger partial charge on any atom is -0.352 e. The third kappa shape index (κ3) is 7.71. The Morgan fingerprint density at radius 3 is 2.14 bits per heavy atom. The lowest BCUT2D eigenvalue weighted by molar-refractivity contribution is -0.139. The molecule has 36 heavy (non-hydrogen) atoms. The molecule has 1 atom stereocenters. The second-order valence-electron chi connectivity index (χ2n) is 9.46. The van der Waals surface area contributed by atoms with Crippen molar-refractivity contribution in [2.24, 2.45) is 0 Å². The predicted octanol–water partition coefficient (Wildman–Crippen LogP) is 4.53. The van der Waals surface area contributed by atoms with E-state index >= 15 is 0 Å². The number of rotatable bonds is 10. The quantitative estimate of drug-likeness (QED) is 0.486. The first kappa shape index (κ1) is 28.0. The van der Waals surface area contributed by atoms with Crippen molar-refractivity contribution in [1.82, 2.24) is 10.2 Å². The van der Waals surface area contributed by atoms with Crippen LogP contribution >= 0.6 is 11.6 Å². The number of carbonyl (C=O) groups excluding carboxylic acids is 2. The average molecular weight is 534 g/mol. The standard InChI is InChI=1S/C27H36ClN3O4S/c1-4-21-12-16-25(17-13-21)31(36(3,34)35)19-26(32)30(18-22-10-14-23(28)15-11-22)20(2)27(33)29-24-8-6-5-7-9-24/h10-17,20,24H,4-9,18-19H2,1-3H3,(H,29,33)/t20-/m0/s1. The second kappa shape index (κ2) is 12.6. The van der Waals surface area contributed by atoms with Gasteiger partial charge in [0.05, 0.1) is 11.9 Å². The molecule has 1 N–H and O–H groups in total. The Bertz CT molecular complexity index is 1130. The molecule has 7 nitrogen and oxygen atoms in total. The summed E-state index contributed by atoms with van der Waals surface area (Å²) in [5, 5.41) is 3.66. The highest BCUT2D eigenvalue weighted by atomic mass is 35.5. The van der Waals surface area contributed by atoms with Crippen molar-refractivity contribution in [1.29, 1.82) is 0 Å². The van der Waals surface area contributed by atoms with Gasteiger partial charge in [0.25, 0.3) is 0 Å². The molecule has 1 saturated carbocycles. The van der Waals surface area contributed by atoms with Gasteiger partial charge in [-0.3, -0.25) is 13.9 Å². The molecule has 0 unspecified atom stereocenters. The fourth-order valence-corrected chi connectivity index (χ4v) is 5.43. The molecule has 2 aromatic carbocycles. The molecular formula is C27H36ClN3O4S. The fraction of sp³-hybridized carbons (Fsp3) is 0.481. The first-order chi connectivity index (χ1) is 17.1. The van der Waals surface area contributed by atoms with E-state index in [1.54, 1.807) is 43.3 Å². The van der Waals surface area contributed by atoms with Crippen LogP contribution in [-0.2, 0) is 32.6 Å². The lowest BCUT2D eigenvalue weighted by Gasteiger charge is -2.33. The van der Waals surface area contributed by atoms with Crippen LogP contribution in [-0.4, -0.2) is 50.0 Å². The van der Waals surface area contributed by atoms with Crippen LogP contribution in [0.3, 0.4) is 0 Å². The van der Waals surface area contributed by atoms with E-state index in [4.69, 9.17) is 11.6 Å². The molecule has 0 heterocycles. The lowest BCUT2D eigenvalue weighted by atomic mass is 9.95. The number of amides is 2. The summed E-state index contributed by atoms with van der Waals surface area (Å²) in [5.41, 5.74) is 2.27. The van der Waals surface area contributed by atoms with Gasteiger partial charge in [-0.2, -0.15) is 0 Å². The molecule has 0 bridgehead atoms. The molecule has 0 aliphatic heterocycles. The first-order valence-electron chi connectivity index (χ1n) is 12.5. The molecule has 1 fully saturated rings. The normalized spacial score (nSPS) is 15.2. The minimum absolute atomic E-state index is 0.103. The summed E-state index contributed by atoms with van der Waals surface area (Å²) in [6.07, 6.45) is 7.08. The van der Waals surface area contributed by atoms with Gasteiger partial charge in [0.2, 0.25) is 21.8 Å². The molecule has 0 spiro atoms. The average Bonchev–Trinajstić information content (AvgIpc) is 2.86. The Labute approximate surface area is 219 Å². The Kier molecular flexibility index (Phi) is 9.79. The van der Waals surface area contributed by atoms with Gasteiger partial charge in [0.1, 0.15) is 12.6 Å². The molecule has 1 aliphatic carbocycles. The van der Waals surface area contributed by atoms with Crippen LogP contribution < -0.4 is 9.62 Å². The Balaban J connectivity index is 1.85. The highest BCUT2D eigenvalue weighted by molar-refractivity contribution is 7.92. The van der Waals surface area contributed by atoms with Crippen LogP contribution in [0, 0.1) is 0 Å². The van der Waals surface area contributed by atoms with Crippen molar-refractivity contribution >= 4 is 39.1 Å². The number of carbonyl (C=O) groups is 2. The number of halogens is 1. The van der Waals surface area contributed by atoms with Crippen LogP contribution in [0.2, 0.25) is 5.02 Å².